The number of para-hydroxylation sites is 2. The summed E-state index contributed by atoms with van der Waals surface area (Å²) in [4.78, 5) is 32.0. The van der Waals surface area contributed by atoms with Gasteiger partial charge in [0.15, 0.2) is 0 Å². The average molecular weight is 508 g/mol. The Labute approximate surface area is 206 Å². The predicted octanol–water partition coefficient (Wildman–Crippen LogP) is 0.0485. The molecular formula is C22H31N6O4S2-. The molecule has 0 aliphatic carbocycles. The maximum atomic E-state index is 12.4. The van der Waals surface area contributed by atoms with Crippen molar-refractivity contribution >= 4 is 46.0 Å². The standard InChI is InChI=1S/C22H32N6O4S2/c23-20(29)13-25-9-11-27(12-10-25)17-3-1-2-4-18(17)28-19(21(24)30)14-33-22(28)16-5-7-26(8-6-16)15-34(31)32/h1-4,14,16,22H,5-13,15H2,(H2,23,29)(H2,24,30)(H,31,32)/p-1. The number of amides is 2. The van der Waals surface area contributed by atoms with Gasteiger partial charge in [-0.1, -0.05) is 12.1 Å². The van der Waals surface area contributed by atoms with Crippen LogP contribution in [-0.4, -0.2) is 87.4 Å². The van der Waals surface area contributed by atoms with Crippen molar-refractivity contribution < 1.29 is 18.4 Å². The fraction of sp³-hybridized carbons (Fsp3) is 0.545. The van der Waals surface area contributed by atoms with Gasteiger partial charge in [-0.2, -0.15) is 0 Å². The summed E-state index contributed by atoms with van der Waals surface area (Å²) in [7, 11) is 0. The molecule has 0 saturated carbocycles. The lowest BCUT2D eigenvalue weighted by atomic mass is 9.95. The van der Waals surface area contributed by atoms with Gasteiger partial charge in [0, 0.05) is 31.6 Å². The van der Waals surface area contributed by atoms with Crippen LogP contribution < -0.4 is 21.3 Å². The summed E-state index contributed by atoms with van der Waals surface area (Å²) in [6, 6.07) is 8.04. The highest BCUT2D eigenvalue weighted by Gasteiger charge is 2.39. The van der Waals surface area contributed by atoms with Gasteiger partial charge in [-0.3, -0.25) is 23.6 Å². The number of piperidine rings is 1. The Morgan fingerprint density at radius 1 is 1.00 bits per heavy atom. The molecule has 34 heavy (non-hydrogen) atoms. The molecule has 0 aromatic heterocycles. The summed E-state index contributed by atoms with van der Waals surface area (Å²) in [5, 5.41) is 1.87. The zero-order valence-electron chi connectivity index (χ0n) is 19.0. The first-order valence-corrected chi connectivity index (χ1v) is 13.6. The van der Waals surface area contributed by atoms with Crippen molar-refractivity contribution in [2.45, 2.75) is 18.2 Å². The van der Waals surface area contributed by atoms with E-state index in [1.807, 2.05) is 33.4 Å². The molecule has 1 aromatic carbocycles. The number of primary amides is 2. The van der Waals surface area contributed by atoms with Gasteiger partial charge in [-0.05, 0) is 55.1 Å². The largest absolute Gasteiger partial charge is 0.771 e. The minimum atomic E-state index is -2.08. The quantitative estimate of drug-likeness (QED) is 0.467. The molecule has 2 atom stereocenters. The molecule has 2 fully saturated rings. The third-order valence-electron chi connectivity index (χ3n) is 6.64. The van der Waals surface area contributed by atoms with E-state index in [4.69, 9.17) is 11.5 Å². The maximum Gasteiger partial charge on any atom is 0.265 e. The van der Waals surface area contributed by atoms with Gasteiger partial charge >= 0.3 is 0 Å². The van der Waals surface area contributed by atoms with Crippen molar-refractivity contribution in [3.05, 3.63) is 35.4 Å². The summed E-state index contributed by atoms with van der Waals surface area (Å²) in [6.45, 7) is 4.62. The van der Waals surface area contributed by atoms with Crippen molar-refractivity contribution in [3.8, 4) is 0 Å². The van der Waals surface area contributed by atoms with Crippen LogP contribution in [0, 0.1) is 5.92 Å². The van der Waals surface area contributed by atoms with Crippen molar-refractivity contribution in [2.24, 2.45) is 17.4 Å². The van der Waals surface area contributed by atoms with Crippen molar-refractivity contribution in [1.82, 2.24) is 9.80 Å². The van der Waals surface area contributed by atoms with Crippen LogP contribution in [0.25, 0.3) is 0 Å². The zero-order chi connectivity index (χ0) is 24.2. The number of thioether (sulfide) groups is 1. The second kappa shape index (κ2) is 11.1. The third kappa shape index (κ3) is 5.74. The van der Waals surface area contributed by atoms with Crippen LogP contribution >= 0.6 is 11.8 Å². The molecule has 186 valence electrons. The minimum Gasteiger partial charge on any atom is -0.771 e. The SMILES string of the molecule is NC(=O)CN1CCN(c2ccccc2N2C(C(N)=O)=CSC2C2CCN(CS(=O)[O-])CC2)CC1. The van der Waals surface area contributed by atoms with Crippen LogP contribution in [-0.2, 0) is 20.7 Å². The van der Waals surface area contributed by atoms with Gasteiger partial charge in [0.2, 0.25) is 5.91 Å². The van der Waals surface area contributed by atoms with Crippen molar-refractivity contribution in [2.75, 3.05) is 61.5 Å². The van der Waals surface area contributed by atoms with Crippen molar-refractivity contribution in [3.63, 3.8) is 0 Å². The van der Waals surface area contributed by atoms with Gasteiger partial charge in [-0.15, -0.1) is 11.8 Å². The second-order valence-corrected chi connectivity index (χ2v) is 10.7. The van der Waals surface area contributed by atoms with E-state index in [9.17, 15) is 18.4 Å². The van der Waals surface area contributed by atoms with E-state index in [0.717, 1.165) is 50.4 Å². The lowest BCUT2D eigenvalue weighted by Crippen LogP contribution is -2.49. The number of hydrogen-bond acceptors (Lipinski definition) is 9. The topological polar surface area (TPSA) is 139 Å². The van der Waals surface area contributed by atoms with Crippen molar-refractivity contribution in [1.29, 1.82) is 0 Å². The number of rotatable bonds is 8. The number of hydrogen-bond donors (Lipinski definition) is 2. The molecule has 3 aliphatic heterocycles. The Hall–Kier alpha value is -2.12. The molecule has 4 N–H and O–H groups in total. The van der Waals surface area contributed by atoms with Gasteiger partial charge in [0.1, 0.15) is 5.70 Å². The minimum absolute atomic E-state index is 0.0136. The Bertz CT molecular complexity index is 960. The first kappa shape index (κ1) is 25.0. The lowest BCUT2D eigenvalue weighted by Gasteiger charge is -2.41. The van der Waals surface area contributed by atoms with Gasteiger partial charge in [0.05, 0.1) is 29.2 Å². The first-order valence-electron chi connectivity index (χ1n) is 11.4. The molecule has 12 heteroatoms. The molecule has 0 radical (unpaired) electrons. The first-order chi connectivity index (χ1) is 16.3. The second-order valence-electron chi connectivity index (χ2n) is 8.87. The summed E-state index contributed by atoms with van der Waals surface area (Å²) in [5.74, 6) is -0.441. The van der Waals surface area contributed by atoms with Crippen LogP contribution in [0.2, 0.25) is 0 Å². The molecule has 4 rings (SSSR count). The van der Waals surface area contributed by atoms with Gasteiger partial charge < -0.3 is 25.8 Å². The van der Waals surface area contributed by atoms with Crippen LogP contribution in [0.4, 0.5) is 11.4 Å². The van der Waals surface area contributed by atoms with Gasteiger partial charge in [0.25, 0.3) is 5.91 Å². The number of nitrogens with zero attached hydrogens (tertiary/aromatic N) is 4. The predicted molar refractivity (Wildman–Crippen MR) is 134 cm³/mol. The van der Waals surface area contributed by atoms with E-state index in [0.29, 0.717) is 18.8 Å². The number of carbonyl (C=O) groups is 2. The molecule has 3 aliphatic rings. The average Bonchev–Trinajstić information content (AvgIpc) is 3.25. The number of benzene rings is 1. The van der Waals surface area contributed by atoms with E-state index in [1.165, 1.54) is 0 Å². The summed E-state index contributed by atoms with van der Waals surface area (Å²) < 4.78 is 22.2. The highest BCUT2D eigenvalue weighted by molar-refractivity contribution is 8.03. The highest BCUT2D eigenvalue weighted by Crippen LogP contribution is 2.45. The Kier molecular flexibility index (Phi) is 8.14. The number of carbonyl (C=O) groups excluding carboxylic acids is 2. The van der Waals surface area contributed by atoms with Gasteiger partial charge in [-0.25, -0.2) is 0 Å². The molecule has 2 unspecified atom stereocenters. The van der Waals surface area contributed by atoms with E-state index >= 15 is 0 Å². The summed E-state index contributed by atoms with van der Waals surface area (Å²) in [6.07, 6.45) is 1.69. The summed E-state index contributed by atoms with van der Waals surface area (Å²) in [5.41, 5.74) is 13.6. The smallest absolute Gasteiger partial charge is 0.265 e. The van der Waals surface area contributed by atoms with E-state index in [1.54, 1.807) is 11.8 Å². The molecule has 3 heterocycles. The van der Waals surface area contributed by atoms with Crippen LogP contribution in [0.1, 0.15) is 12.8 Å². The molecule has 0 bridgehead atoms. The summed E-state index contributed by atoms with van der Waals surface area (Å²) >= 11 is -0.472. The fourth-order valence-electron chi connectivity index (χ4n) is 4.97. The number of likely N-dealkylation sites (tertiary alicyclic amines) is 1. The molecule has 0 spiro atoms. The third-order valence-corrected chi connectivity index (χ3v) is 8.45. The highest BCUT2D eigenvalue weighted by atomic mass is 32.2. The lowest BCUT2D eigenvalue weighted by molar-refractivity contribution is -0.119. The number of anilines is 2. The van der Waals surface area contributed by atoms with E-state index < -0.39 is 17.0 Å². The zero-order valence-corrected chi connectivity index (χ0v) is 20.6. The van der Waals surface area contributed by atoms with E-state index in [2.05, 4.69) is 15.9 Å². The molecular weight excluding hydrogens is 476 g/mol. The number of piperazine rings is 1. The fourth-order valence-corrected chi connectivity index (χ4v) is 6.87. The maximum absolute atomic E-state index is 12.4. The normalized spacial score (nSPS) is 23.7. The molecule has 2 saturated heterocycles. The Morgan fingerprint density at radius 2 is 1.65 bits per heavy atom. The van der Waals surface area contributed by atoms with Crippen LogP contribution in [0.5, 0.6) is 0 Å². The van der Waals surface area contributed by atoms with E-state index in [-0.39, 0.29) is 29.6 Å². The molecule has 10 nitrogen and oxygen atoms in total. The van der Waals surface area contributed by atoms with Crippen LogP contribution in [0.15, 0.2) is 35.4 Å². The monoisotopic (exact) mass is 507 g/mol. The molecule has 2 amide bonds. The number of nitrogens with two attached hydrogens (primary N) is 2. The van der Waals surface area contributed by atoms with Crippen LogP contribution in [0.3, 0.4) is 0 Å². The Morgan fingerprint density at radius 3 is 2.24 bits per heavy atom. The Balaban J connectivity index is 1.54. The molecule has 1 aromatic rings.